The van der Waals surface area contributed by atoms with Gasteiger partial charge in [-0.3, -0.25) is 4.79 Å². The van der Waals surface area contributed by atoms with E-state index in [0.29, 0.717) is 12.5 Å². The quantitative estimate of drug-likeness (QED) is 0.716. The van der Waals surface area contributed by atoms with E-state index in [2.05, 4.69) is 25.1 Å². The minimum absolute atomic E-state index is 0.167. The van der Waals surface area contributed by atoms with E-state index >= 15 is 0 Å². The average molecular weight is 337 g/mol. The molecule has 3 heterocycles. The fourth-order valence-electron chi connectivity index (χ4n) is 3.24. The molecule has 1 fully saturated rings. The minimum atomic E-state index is 0.167. The van der Waals surface area contributed by atoms with Crippen molar-refractivity contribution in [2.45, 2.75) is 25.3 Å². The lowest BCUT2D eigenvalue weighted by molar-refractivity contribution is -0.132. The standard InChI is InChI=1S/C17H19N7O/c25-17(22-8-1-2-16(11-22)23-9-7-18-12-23)10-14-3-5-15(6-4-14)24-13-19-20-21-24/h3-7,9,12-13,16H,1-2,8,10-11H2/t16-/m1/s1. The topological polar surface area (TPSA) is 81.7 Å². The van der Waals surface area contributed by atoms with Gasteiger partial charge < -0.3 is 9.47 Å². The van der Waals surface area contributed by atoms with Crippen LogP contribution in [0.3, 0.4) is 0 Å². The van der Waals surface area contributed by atoms with Crippen LogP contribution in [0.25, 0.3) is 5.69 Å². The number of amides is 1. The Morgan fingerprint density at radius 1 is 1.20 bits per heavy atom. The van der Waals surface area contributed by atoms with E-state index in [-0.39, 0.29) is 5.91 Å². The summed E-state index contributed by atoms with van der Waals surface area (Å²) in [5.74, 6) is 0.167. The third-order valence-electron chi connectivity index (χ3n) is 4.60. The van der Waals surface area contributed by atoms with Crippen LogP contribution in [0, 0.1) is 0 Å². The minimum Gasteiger partial charge on any atom is -0.340 e. The van der Waals surface area contributed by atoms with Gasteiger partial charge in [-0.25, -0.2) is 9.67 Å². The number of tetrazole rings is 1. The van der Waals surface area contributed by atoms with Crippen molar-refractivity contribution in [3.05, 3.63) is 54.9 Å². The number of rotatable bonds is 4. The first-order chi connectivity index (χ1) is 12.3. The molecule has 0 unspecified atom stereocenters. The van der Waals surface area contributed by atoms with Crippen LogP contribution in [0.15, 0.2) is 49.3 Å². The van der Waals surface area contributed by atoms with Gasteiger partial charge in [0.1, 0.15) is 6.33 Å². The van der Waals surface area contributed by atoms with E-state index in [0.717, 1.165) is 37.2 Å². The molecule has 0 N–H and O–H groups in total. The highest BCUT2D eigenvalue weighted by Crippen LogP contribution is 2.22. The van der Waals surface area contributed by atoms with Crippen molar-refractivity contribution in [3.8, 4) is 5.69 Å². The number of aromatic nitrogens is 6. The summed E-state index contributed by atoms with van der Waals surface area (Å²) in [5.41, 5.74) is 1.87. The molecule has 25 heavy (non-hydrogen) atoms. The number of imidazole rings is 1. The highest BCUT2D eigenvalue weighted by atomic mass is 16.2. The van der Waals surface area contributed by atoms with Gasteiger partial charge in [0.2, 0.25) is 5.91 Å². The van der Waals surface area contributed by atoms with E-state index in [4.69, 9.17) is 0 Å². The first-order valence-corrected chi connectivity index (χ1v) is 8.37. The third kappa shape index (κ3) is 3.42. The molecule has 1 aliphatic heterocycles. The van der Waals surface area contributed by atoms with Gasteiger partial charge in [0.25, 0.3) is 0 Å². The van der Waals surface area contributed by atoms with Crippen molar-refractivity contribution in [2.75, 3.05) is 13.1 Å². The molecule has 4 rings (SSSR count). The van der Waals surface area contributed by atoms with E-state index in [9.17, 15) is 4.79 Å². The molecule has 2 aromatic heterocycles. The van der Waals surface area contributed by atoms with Crippen LogP contribution in [0.1, 0.15) is 24.4 Å². The predicted octanol–water partition coefficient (Wildman–Crippen LogP) is 1.26. The fourth-order valence-corrected chi connectivity index (χ4v) is 3.24. The van der Waals surface area contributed by atoms with Crippen LogP contribution in [-0.2, 0) is 11.2 Å². The van der Waals surface area contributed by atoms with Gasteiger partial charge in [-0.1, -0.05) is 12.1 Å². The lowest BCUT2D eigenvalue weighted by Crippen LogP contribution is -2.41. The summed E-state index contributed by atoms with van der Waals surface area (Å²) in [6.45, 7) is 1.57. The molecule has 0 radical (unpaired) electrons. The van der Waals surface area contributed by atoms with Crippen LogP contribution in [-0.4, -0.2) is 53.7 Å². The lowest BCUT2D eigenvalue weighted by Gasteiger charge is -2.33. The fraction of sp³-hybridized carbons (Fsp3) is 0.353. The summed E-state index contributed by atoms with van der Waals surface area (Å²) in [6.07, 6.45) is 9.64. The Kier molecular flexibility index (Phi) is 4.24. The van der Waals surface area contributed by atoms with Gasteiger partial charge in [0.05, 0.1) is 24.5 Å². The molecular weight excluding hydrogens is 318 g/mol. The summed E-state index contributed by atoms with van der Waals surface area (Å²) in [5, 5.41) is 11.1. The molecule has 0 saturated carbocycles. The van der Waals surface area contributed by atoms with Gasteiger partial charge in [-0.05, 0) is 41.0 Å². The molecule has 128 valence electrons. The molecule has 0 spiro atoms. The van der Waals surface area contributed by atoms with Gasteiger partial charge in [-0.2, -0.15) is 0 Å². The predicted molar refractivity (Wildman–Crippen MR) is 89.9 cm³/mol. The van der Waals surface area contributed by atoms with Crippen LogP contribution >= 0.6 is 0 Å². The number of likely N-dealkylation sites (tertiary alicyclic amines) is 1. The molecule has 8 nitrogen and oxygen atoms in total. The van der Waals surface area contributed by atoms with Crippen molar-refractivity contribution in [1.82, 2.24) is 34.7 Å². The number of carbonyl (C=O) groups excluding carboxylic acids is 1. The molecule has 3 aromatic rings. The highest BCUT2D eigenvalue weighted by molar-refractivity contribution is 5.79. The van der Waals surface area contributed by atoms with Gasteiger partial charge in [0.15, 0.2) is 0 Å². The molecule has 0 aliphatic carbocycles. The lowest BCUT2D eigenvalue weighted by atomic mass is 10.0. The van der Waals surface area contributed by atoms with Crippen molar-refractivity contribution in [1.29, 1.82) is 0 Å². The van der Waals surface area contributed by atoms with Crippen LogP contribution in [0.4, 0.5) is 0 Å². The monoisotopic (exact) mass is 337 g/mol. The van der Waals surface area contributed by atoms with Crippen molar-refractivity contribution in [2.24, 2.45) is 0 Å². The largest absolute Gasteiger partial charge is 0.340 e. The molecular formula is C17H19N7O. The smallest absolute Gasteiger partial charge is 0.227 e. The van der Waals surface area contributed by atoms with E-state index in [1.807, 2.05) is 41.7 Å². The Morgan fingerprint density at radius 3 is 2.80 bits per heavy atom. The second-order valence-electron chi connectivity index (χ2n) is 6.24. The van der Waals surface area contributed by atoms with Crippen LogP contribution < -0.4 is 0 Å². The number of hydrogen-bond donors (Lipinski definition) is 0. The zero-order valence-corrected chi connectivity index (χ0v) is 13.8. The first-order valence-electron chi connectivity index (χ1n) is 8.37. The first kappa shape index (κ1) is 15.5. The summed E-state index contributed by atoms with van der Waals surface area (Å²) in [4.78, 5) is 18.7. The van der Waals surface area contributed by atoms with E-state index < -0.39 is 0 Å². The SMILES string of the molecule is O=C(Cc1ccc(-n2cnnn2)cc1)N1CCC[C@@H](n2ccnc2)C1. The Morgan fingerprint density at radius 2 is 2.08 bits per heavy atom. The second kappa shape index (κ2) is 6.84. The van der Waals surface area contributed by atoms with E-state index in [1.165, 1.54) is 0 Å². The molecule has 1 aliphatic rings. The molecule has 1 amide bonds. The summed E-state index contributed by atoms with van der Waals surface area (Å²) < 4.78 is 3.69. The maximum atomic E-state index is 12.7. The number of hydrogen-bond acceptors (Lipinski definition) is 5. The molecule has 1 atom stereocenters. The number of piperidine rings is 1. The molecule has 0 bridgehead atoms. The summed E-state index contributed by atoms with van der Waals surface area (Å²) in [7, 11) is 0. The zero-order valence-electron chi connectivity index (χ0n) is 13.8. The maximum Gasteiger partial charge on any atom is 0.227 e. The number of carbonyl (C=O) groups is 1. The number of nitrogens with zero attached hydrogens (tertiary/aromatic N) is 7. The van der Waals surface area contributed by atoms with Gasteiger partial charge in [-0.15, -0.1) is 5.10 Å². The molecule has 8 heteroatoms. The maximum absolute atomic E-state index is 12.7. The second-order valence-corrected chi connectivity index (χ2v) is 6.24. The Labute approximate surface area is 145 Å². The van der Waals surface area contributed by atoms with Crippen molar-refractivity contribution in [3.63, 3.8) is 0 Å². The Hall–Kier alpha value is -3.03. The molecule has 1 aromatic carbocycles. The van der Waals surface area contributed by atoms with Gasteiger partial charge >= 0.3 is 0 Å². The van der Waals surface area contributed by atoms with Crippen LogP contribution in [0.5, 0.6) is 0 Å². The average Bonchev–Trinajstić information content (AvgIpc) is 3.36. The summed E-state index contributed by atoms with van der Waals surface area (Å²) in [6, 6.07) is 8.06. The zero-order chi connectivity index (χ0) is 17.1. The molecule has 1 saturated heterocycles. The number of benzene rings is 1. The normalized spacial score (nSPS) is 17.6. The van der Waals surface area contributed by atoms with Crippen LogP contribution in [0.2, 0.25) is 0 Å². The Balaban J connectivity index is 1.39. The van der Waals surface area contributed by atoms with E-state index in [1.54, 1.807) is 17.2 Å². The van der Waals surface area contributed by atoms with Crippen molar-refractivity contribution >= 4 is 5.91 Å². The van der Waals surface area contributed by atoms with Crippen molar-refractivity contribution < 1.29 is 4.79 Å². The third-order valence-corrected chi connectivity index (χ3v) is 4.60. The highest BCUT2D eigenvalue weighted by Gasteiger charge is 2.24. The van der Waals surface area contributed by atoms with Gasteiger partial charge in [0, 0.05) is 25.5 Å². The summed E-state index contributed by atoms with van der Waals surface area (Å²) >= 11 is 0. The Bertz CT molecular complexity index is 811.